The minimum Gasteiger partial charge on any atom is -0.380 e. The van der Waals surface area contributed by atoms with E-state index in [1.54, 1.807) is 10.7 Å². The van der Waals surface area contributed by atoms with E-state index < -0.39 is 4.92 Å². The number of aryl methyl sites for hydroxylation is 1. The third kappa shape index (κ3) is 3.46. The number of nitrogens with zero attached hydrogens (tertiary/aromatic N) is 3. The third-order valence-corrected chi connectivity index (χ3v) is 4.24. The fourth-order valence-electron chi connectivity index (χ4n) is 2.46. The third-order valence-electron chi connectivity index (χ3n) is 3.58. The van der Waals surface area contributed by atoms with E-state index in [-0.39, 0.29) is 5.69 Å². The molecule has 0 aliphatic carbocycles. The highest BCUT2D eigenvalue weighted by Gasteiger charge is 2.12. The largest absolute Gasteiger partial charge is 0.380 e. The monoisotopic (exact) mass is 386 g/mol. The van der Waals surface area contributed by atoms with Crippen LogP contribution in [-0.2, 0) is 13.6 Å². The summed E-state index contributed by atoms with van der Waals surface area (Å²) < 4.78 is 2.44. The summed E-state index contributed by atoms with van der Waals surface area (Å²) in [5, 5.41) is 18.6. The first-order valence-electron chi connectivity index (χ1n) is 7.30. The Bertz CT molecular complexity index is 878. The number of benzene rings is 2. The number of aromatic nitrogens is 2. The summed E-state index contributed by atoms with van der Waals surface area (Å²) in [6.45, 7) is 0.564. The topological polar surface area (TPSA) is 73.0 Å². The lowest BCUT2D eigenvalue weighted by molar-refractivity contribution is -0.384. The molecule has 0 fully saturated rings. The Kier molecular flexibility index (Phi) is 4.61. The van der Waals surface area contributed by atoms with Gasteiger partial charge in [-0.15, -0.1) is 0 Å². The fourth-order valence-corrected chi connectivity index (χ4v) is 2.96. The van der Waals surface area contributed by atoms with Crippen LogP contribution in [0.3, 0.4) is 0 Å². The highest BCUT2D eigenvalue weighted by Crippen LogP contribution is 2.28. The van der Waals surface area contributed by atoms with Crippen molar-refractivity contribution >= 4 is 27.3 Å². The molecule has 0 spiro atoms. The molecule has 0 unspecified atom stereocenters. The van der Waals surface area contributed by atoms with Crippen LogP contribution >= 0.6 is 15.9 Å². The van der Waals surface area contributed by atoms with Gasteiger partial charge in [0, 0.05) is 53.2 Å². The summed E-state index contributed by atoms with van der Waals surface area (Å²) in [6.07, 6.45) is 1.97. The van der Waals surface area contributed by atoms with Gasteiger partial charge in [0.15, 0.2) is 0 Å². The number of hydrogen-bond donors (Lipinski definition) is 1. The van der Waals surface area contributed by atoms with Crippen LogP contribution in [0.2, 0.25) is 0 Å². The van der Waals surface area contributed by atoms with E-state index in [4.69, 9.17) is 0 Å². The standard InChI is InChI=1S/C17H15BrN4O2/c1-21-11-13(17(20-21)12-5-3-2-4-6-12)10-19-16-8-7-14(22(23)24)9-15(16)18/h2-9,11,19H,10H2,1H3. The van der Waals surface area contributed by atoms with Crippen molar-refractivity contribution in [2.75, 3.05) is 5.32 Å². The van der Waals surface area contributed by atoms with Crippen LogP contribution in [0.5, 0.6) is 0 Å². The maximum Gasteiger partial charge on any atom is 0.270 e. The van der Waals surface area contributed by atoms with Crippen LogP contribution < -0.4 is 5.32 Å². The maximum atomic E-state index is 10.8. The van der Waals surface area contributed by atoms with Crippen molar-refractivity contribution < 1.29 is 4.92 Å². The lowest BCUT2D eigenvalue weighted by Crippen LogP contribution is -2.01. The molecular weight excluding hydrogens is 372 g/mol. The van der Waals surface area contributed by atoms with Crippen LogP contribution in [0.4, 0.5) is 11.4 Å². The van der Waals surface area contributed by atoms with Crippen LogP contribution in [0.15, 0.2) is 59.2 Å². The summed E-state index contributed by atoms with van der Waals surface area (Å²) in [6, 6.07) is 14.6. The van der Waals surface area contributed by atoms with Crippen LogP contribution in [0.1, 0.15) is 5.56 Å². The number of nitro benzene ring substituents is 1. The van der Waals surface area contributed by atoms with Gasteiger partial charge in [-0.3, -0.25) is 14.8 Å². The number of halogens is 1. The van der Waals surface area contributed by atoms with Gasteiger partial charge < -0.3 is 5.32 Å². The first-order chi connectivity index (χ1) is 11.5. The molecule has 1 heterocycles. The van der Waals surface area contributed by atoms with Crippen molar-refractivity contribution in [1.29, 1.82) is 0 Å². The van der Waals surface area contributed by atoms with Gasteiger partial charge in [-0.1, -0.05) is 30.3 Å². The Morgan fingerprint density at radius 1 is 1.25 bits per heavy atom. The average molecular weight is 387 g/mol. The molecule has 24 heavy (non-hydrogen) atoms. The first-order valence-corrected chi connectivity index (χ1v) is 8.09. The van der Waals surface area contributed by atoms with E-state index in [9.17, 15) is 10.1 Å². The van der Waals surface area contributed by atoms with Gasteiger partial charge in [-0.25, -0.2) is 0 Å². The van der Waals surface area contributed by atoms with Crippen molar-refractivity contribution in [3.63, 3.8) is 0 Å². The zero-order chi connectivity index (χ0) is 17.1. The molecule has 3 rings (SSSR count). The number of nitro groups is 1. The quantitative estimate of drug-likeness (QED) is 0.521. The Labute approximate surface area is 147 Å². The Morgan fingerprint density at radius 3 is 2.67 bits per heavy atom. The molecule has 0 amide bonds. The van der Waals surface area contributed by atoms with Gasteiger partial charge in [0.05, 0.1) is 10.6 Å². The molecule has 6 nitrogen and oxygen atoms in total. The zero-order valence-corrected chi connectivity index (χ0v) is 14.5. The van der Waals surface area contributed by atoms with Gasteiger partial charge in [-0.05, 0) is 22.0 Å². The summed E-state index contributed by atoms with van der Waals surface area (Å²) in [5.74, 6) is 0. The predicted octanol–water partition coefficient (Wildman–Crippen LogP) is 4.37. The second-order valence-corrected chi connectivity index (χ2v) is 6.17. The van der Waals surface area contributed by atoms with E-state index >= 15 is 0 Å². The smallest absolute Gasteiger partial charge is 0.270 e. The highest BCUT2D eigenvalue weighted by atomic mass is 79.9. The SMILES string of the molecule is Cn1cc(CNc2ccc([N+](=O)[O-])cc2Br)c(-c2ccccc2)n1. The van der Waals surface area contributed by atoms with E-state index in [1.807, 2.05) is 43.6 Å². The van der Waals surface area contributed by atoms with E-state index in [2.05, 4.69) is 26.3 Å². The molecule has 0 aliphatic heterocycles. The van der Waals surface area contributed by atoms with Gasteiger partial charge in [-0.2, -0.15) is 5.10 Å². The summed E-state index contributed by atoms with van der Waals surface area (Å²) >= 11 is 3.37. The minimum absolute atomic E-state index is 0.0544. The molecule has 1 N–H and O–H groups in total. The molecule has 0 saturated carbocycles. The lowest BCUT2D eigenvalue weighted by Gasteiger charge is -2.08. The van der Waals surface area contributed by atoms with Crippen LogP contribution in [0.25, 0.3) is 11.3 Å². The second kappa shape index (κ2) is 6.84. The van der Waals surface area contributed by atoms with Gasteiger partial charge in [0.1, 0.15) is 0 Å². The van der Waals surface area contributed by atoms with Crippen molar-refractivity contribution in [3.05, 3.63) is 74.9 Å². The van der Waals surface area contributed by atoms with Gasteiger partial charge >= 0.3 is 0 Å². The zero-order valence-electron chi connectivity index (χ0n) is 12.9. The van der Waals surface area contributed by atoms with Gasteiger partial charge in [0.2, 0.25) is 0 Å². The molecule has 0 atom stereocenters. The van der Waals surface area contributed by atoms with Crippen LogP contribution in [0, 0.1) is 10.1 Å². The summed E-state index contributed by atoms with van der Waals surface area (Å²) in [4.78, 5) is 10.4. The van der Waals surface area contributed by atoms with Gasteiger partial charge in [0.25, 0.3) is 5.69 Å². The van der Waals surface area contributed by atoms with Crippen molar-refractivity contribution in [3.8, 4) is 11.3 Å². The molecule has 1 aromatic heterocycles. The molecule has 0 bridgehead atoms. The Balaban J connectivity index is 1.82. The lowest BCUT2D eigenvalue weighted by atomic mass is 10.1. The second-order valence-electron chi connectivity index (χ2n) is 5.32. The Hall–Kier alpha value is -2.67. The molecule has 0 radical (unpaired) electrons. The summed E-state index contributed by atoms with van der Waals surface area (Å²) in [5.41, 5.74) is 3.87. The maximum absolute atomic E-state index is 10.8. The summed E-state index contributed by atoms with van der Waals surface area (Å²) in [7, 11) is 1.89. The molecule has 122 valence electrons. The number of anilines is 1. The minimum atomic E-state index is -0.414. The number of nitrogens with one attached hydrogen (secondary N) is 1. The van der Waals surface area contributed by atoms with E-state index in [0.717, 1.165) is 22.5 Å². The average Bonchev–Trinajstić information content (AvgIpc) is 2.95. The predicted molar refractivity (Wildman–Crippen MR) is 96.8 cm³/mol. The molecular formula is C17H15BrN4O2. The Morgan fingerprint density at radius 2 is 2.00 bits per heavy atom. The number of rotatable bonds is 5. The van der Waals surface area contributed by atoms with Crippen molar-refractivity contribution in [2.45, 2.75) is 6.54 Å². The molecule has 0 aliphatic rings. The van der Waals surface area contributed by atoms with E-state index in [1.165, 1.54) is 12.1 Å². The van der Waals surface area contributed by atoms with Crippen molar-refractivity contribution in [2.24, 2.45) is 7.05 Å². The van der Waals surface area contributed by atoms with E-state index in [0.29, 0.717) is 11.0 Å². The first kappa shape index (κ1) is 16.2. The molecule has 2 aromatic carbocycles. The van der Waals surface area contributed by atoms with Crippen molar-refractivity contribution in [1.82, 2.24) is 9.78 Å². The highest BCUT2D eigenvalue weighted by molar-refractivity contribution is 9.10. The fraction of sp³-hybridized carbons (Fsp3) is 0.118. The normalized spacial score (nSPS) is 10.6. The molecule has 3 aromatic rings. The molecule has 7 heteroatoms. The number of hydrogen-bond acceptors (Lipinski definition) is 4. The number of non-ortho nitro benzene ring substituents is 1. The van der Waals surface area contributed by atoms with Crippen LogP contribution in [-0.4, -0.2) is 14.7 Å². The molecule has 0 saturated heterocycles.